The van der Waals surface area contributed by atoms with Crippen LogP contribution in [0.5, 0.6) is 5.75 Å². The number of benzene rings is 1. The minimum Gasteiger partial charge on any atom is -0.488 e. The molecule has 1 aromatic rings. The summed E-state index contributed by atoms with van der Waals surface area (Å²) in [5, 5.41) is 12.4. The SMILES string of the molecule is CC(C)Oc1cc(NCC2CC(O)C2)c(N)cc1F. The number of ether oxygens (including phenoxy) is 1. The summed E-state index contributed by atoms with van der Waals surface area (Å²) in [6.45, 7) is 4.42. The second kappa shape index (κ2) is 5.65. The van der Waals surface area contributed by atoms with Gasteiger partial charge in [-0.15, -0.1) is 0 Å². The van der Waals surface area contributed by atoms with Crippen LogP contribution in [0.3, 0.4) is 0 Å². The monoisotopic (exact) mass is 268 g/mol. The number of nitrogen functional groups attached to an aromatic ring is 1. The van der Waals surface area contributed by atoms with Gasteiger partial charge < -0.3 is 20.9 Å². The van der Waals surface area contributed by atoms with E-state index in [1.165, 1.54) is 6.07 Å². The van der Waals surface area contributed by atoms with E-state index in [1.807, 2.05) is 13.8 Å². The van der Waals surface area contributed by atoms with Gasteiger partial charge in [0.1, 0.15) is 0 Å². The van der Waals surface area contributed by atoms with Gasteiger partial charge in [0.25, 0.3) is 0 Å². The minimum atomic E-state index is -0.448. The predicted molar refractivity (Wildman–Crippen MR) is 73.8 cm³/mol. The Balaban J connectivity index is 2.02. The topological polar surface area (TPSA) is 67.5 Å². The van der Waals surface area contributed by atoms with E-state index in [0.717, 1.165) is 19.4 Å². The zero-order valence-corrected chi connectivity index (χ0v) is 11.3. The molecule has 0 saturated heterocycles. The van der Waals surface area contributed by atoms with Crippen molar-refractivity contribution in [3.63, 3.8) is 0 Å². The molecule has 19 heavy (non-hydrogen) atoms. The van der Waals surface area contributed by atoms with Crippen LogP contribution in [-0.4, -0.2) is 23.9 Å². The molecule has 2 rings (SSSR count). The van der Waals surface area contributed by atoms with E-state index in [1.54, 1.807) is 6.07 Å². The number of halogens is 1. The van der Waals surface area contributed by atoms with Gasteiger partial charge in [-0.2, -0.15) is 0 Å². The average molecular weight is 268 g/mol. The molecule has 4 nitrogen and oxygen atoms in total. The molecule has 0 amide bonds. The van der Waals surface area contributed by atoms with Gasteiger partial charge in [0.05, 0.1) is 23.6 Å². The van der Waals surface area contributed by atoms with Crippen molar-refractivity contribution in [1.82, 2.24) is 0 Å². The standard InChI is InChI=1S/C14H21FN2O2/c1-8(2)19-14-6-13(12(16)5-11(14)15)17-7-9-3-10(18)4-9/h5-6,8-10,17-18H,3-4,7,16H2,1-2H3. The Morgan fingerprint density at radius 1 is 1.47 bits per heavy atom. The van der Waals surface area contributed by atoms with Gasteiger partial charge in [-0.1, -0.05) is 0 Å². The molecule has 5 heteroatoms. The Hall–Kier alpha value is -1.49. The molecule has 0 atom stereocenters. The van der Waals surface area contributed by atoms with E-state index in [9.17, 15) is 9.50 Å². The van der Waals surface area contributed by atoms with Crippen LogP contribution in [0.2, 0.25) is 0 Å². The number of nitrogens with one attached hydrogen (secondary N) is 1. The van der Waals surface area contributed by atoms with Crippen molar-refractivity contribution in [1.29, 1.82) is 0 Å². The predicted octanol–water partition coefficient (Wildman–Crippen LogP) is 2.38. The maximum atomic E-state index is 13.7. The summed E-state index contributed by atoms with van der Waals surface area (Å²) in [6.07, 6.45) is 1.36. The van der Waals surface area contributed by atoms with E-state index in [-0.39, 0.29) is 18.0 Å². The lowest BCUT2D eigenvalue weighted by Crippen LogP contribution is -2.33. The molecule has 106 valence electrons. The smallest absolute Gasteiger partial charge is 0.167 e. The number of aliphatic hydroxyl groups is 1. The highest BCUT2D eigenvalue weighted by Crippen LogP contribution is 2.31. The van der Waals surface area contributed by atoms with Crippen molar-refractivity contribution in [3.8, 4) is 5.75 Å². The maximum absolute atomic E-state index is 13.7. The number of hydrogen-bond acceptors (Lipinski definition) is 4. The molecule has 0 bridgehead atoms. The van der Waals surface area contributed by atoms with E-state index in [4.69, 9.17) is 10.5 Å². The molecule has 1 aliphatic carbocycles. The van der Waals surface area contributed by atoms with Gasteiger partial charge in [0.2, 0.25) is 0 Å². The average Bonchev–Trinajstić information content (AvgIpc) is 2.27. The number of nitrogens with two attached hydrogens (primary N) is 1. The molecule has 0 spiro atoms. The summed E-state index contributed by atoms with van der Waals surface area (Å²) >= 11 is 0. The highest BCUT2D eigenvalue weighted by Gasteiger charge is 2.26. The van der Waals surface area contributed by atoms with Gasteiger partial charge in [-0.3, -0.25) is 0 Å². The highest BCUT2D eigenvalue weighted by molar-refractivity contribution is 5.68. The molecule has 1 fully saturated rings. The Morgan fingerprint density at radius 2 is 2.16 bits per heavy atom. The van der Waals surface area contributed by atoms with Gasteiger partial charge in [-0.05, 0) is 32.6 Å². The van der Waals surface area contributed by atoms with Gasteiger partial charge >= 0.3 is 0 Å². The zero-order valence-electron chi connectivity index (χ0n) is 11.3. The molecule has 4 N–H and O–H groups in total. The summed E-state index contributed by atoms with van der Waals surface area (Å²) in [7, 11) is 0. The molecule has 0 heterocycles. The molecule has 1 aromatic carbocycles. The van der Waals surface area contributed by atoms with Crippen LogP contribution in [0.1, 0.15) is 26.7 Å². The third-order valence-electron chi connectivity index (χ3n) is 3.26. The molecule has 0 aliphatic heterocycles. The molecule has 1 saturated carbocycles. The van der Waals surface area contributed by atoms with Crippen LogP contribution in [0, 0.1) is 11.7 Å². The summed E-state index contributed by atoms with van der Waals surface area (Å²) in [4.78, 5) is 0. The fraction of sp³-hybridized carbons (Fsp3) is 0.571. The Bertz CT molecular complexity index is 445. The van der Waals surface area contributed by atoms with Gasteiger partial charge in [0, 0.05) is 18.7 Å². The first-order valence-electron chi connectivity index (χ1n) is 6.63. The van der Waals surface area contributed by atoms with E-state index >= 15 is 0 Å². The first-order valence-corrected chi connectivity index (χ1v) is 6.63. The molecule has 0 unspecified atom stereocenters. The number of aliphatic hydroxyl groups excluding tert-OH is 1. The second-order valence-corrected chi connectivity index (χ2v) is 5.41. The van der Waals surface area contributed by atoms with E-state index in [0.29, 0.717) is 17.3 Å². The molecule has 0 aromatic heterocycles. The molecular weight excluding hydrogens is 247 g/mol. The Morgan fingerprint density at radius 3 is 2.74 bits per heavy atom. The van der Waals surface area contributed by atoms with Crippen molar-refractivity contribution in [3.05, 3.63) is 17.9 Å². The fourth-order valence-corrected chi connectivity index (χ4v) is 2.19. The van der Waals surface area contributed by atoms with Crippen molar-refractivity contribution in [2.24, 2.45) is 5.92 Å². The number of hydrogen-bond donors (Lipinski definition) is 3. The second-order valence-electron chi connectivity index (χ2n) is 5.41. The Kier molecular flexibility index (Phi) is 4.14. The first kappa shape index (κ1) is 13.9. The summed E-state index contributed by atoms with van der Waals surface area (Å²) < 4.78 is 19.0. The van der Waals surface area contributed by atoms with Crippen LogP contribution in [0.15, 0.2) is 12.1 Å². The van der Waals surface area contributed by atoms with E-state index < -0.39 is 5.82 Å². The van der Waals surface area contributed by atoms with Crippen molar-refractivity contribution < 1.29 is 14.2 Å². The first-order chi connectivity index (χ1) is 8.95. The third-order valence-corrected chi connectivity index (χ3v) is 3.26. The van der Waals surface area contributed by atoms with Crippen LogP contribution < -0.4 is 15.8 Å². The third kappa shape index (κ3) is 3.50. The van der Waals surface area contributed by atoms with Gasteiger partial charge in [0.15, 0.2) is 11.6 Å². The lowest BCUT2D eigenvalue weighted by Gasteiger charge is -2.31. The number of anilines is 2. The summed E-state index contributed by atoms with van der Waals surface area (Å²) in [5.74, 6) is 0.213. The molecular formula is C14H21FN2O2. The summed E-state index contributed by atoms with van der Waals surface area (Å²) in [6, 6.07) is 2.87. The lowest BCUT2D eigenvalue weighted by atomic mass is 9.82. The fourth-order valence-electron chi connectivity index (χ4n) is 2.19. The summed E-state index contributed by atoms with van der Waals surface area (Å²) in [5.41, 5.74) is 6.83. The maximum Gasteiger partial charge on any atom is 0.167 e. The number of rotatable bonds is 5. The minimum absolute atomic E-state index is 0.0900. The van der Waals surface area contributed by atoms with Crippen LogP contribution in [-0.2, 0) is 0 Å². The largest absolute Gasteiger partial charge is 0.488 e. The lowest BCUT2D eigenvalue weighted by molar-refractivity contribution is 0.0487. The van der Waals surface area contributed by atoms with Crippen molar-refractivity contribution in [2.75, 3.05) is 17.6 Å². The normalized spacial score (nSPS) is 22.2. The highest BCUT2D eigenvalue weighted by atomic mass is 19.1. The van der Waals surface area contributed by atoms with Crippen molar-refractivity contribution >= 4 is 11.4 Å². The Labute approximate surface area is 112 Å². The molecule has 0 radical (unpaired) electrons. The zero-order chi connectivity index (χ0) is 14.0. The van der Waals surface area contributed by atoms with Crippen LogP contribution >= 0.6 is 0 Å². The van der Waals surface area contributed by atoms with Crippen LogP contribution in [0.25, 0.3) is 0 Å². The van der Waals surface area contributed by atoms with Crippen molar-refractivity contribution in [2.45, 2.75) is 38.9 Å². The molecule has 1 aliphatic rings. The van der Waals surface area contributed by atoms with Crippen LogP contribution in [0.4, 0.5) is 15.8 Å². The quantitative estimate of drug-likeness (QED) is 0.717. The van der Waals surface area contributed by atoms with E-state index in [2.05, 4.69) is 5.32 Å². The van der Waals surface area contributed by atoms with Gasteiger partial charge in [-0.25, -0.2) is 4.39 Å².